The van der Waals surface area contributed by atoms with Crippen molar-refractivity contribution in [3.63, 3.8) is 0 Å². The summed E-state index contributed by atoms with van der Waals surface area (Å²) in [6, 6.07) is 15.1. The summed E-state index contributed by atoms with van der Waals surface area (Å²) in [4.78, 5) is 0. The van der Waals surface area contributed by atoms with E-state index in [0.29, 0.717) is 24.8 Å². The van der Waals surface area contributed by atoms with Gasteiger partial charge in [0, 0.05) is 5.02 Å². The molecule has 0 saturated heterocycles. The molecule has 5 heteroatoms. The van der Waals surface area contributed by atoms with Crippen LogP contribution >= 0.6 is 11.6 Å². The number of ether oxygens (including phenoxy) is 3. The van der Waals surface area contributed by atoms with Gasteiger partial charge in [0.05, 0.1) is 33.0 Å². The third kappa shape index (κ3) is 6.13. The van der Waals surface area contributed by atoms with Crippen molar-refractivity contribution in [3.8, 4) is 5.75 Å². The molecule has 0 heterocycles. The molecule has 24 heavy (non-hydrogen) atoms. The van der Waals surface area contributed by atoms with Gasteiger partial charge in [-0.25, -0.2) is 0 Å². The third-order valence-corrected chi connectivity index (χ3v) is 3.84. The fourth-order valence-electron chi connectivity index (χ4n) is 2.17. The first-order chi connectivity index (χ1) is 11.6. The van der Waals surface area contributed by atoms with Gasteiger partial charge in [0.2, 0.25) is 0 Å². The zero-order chi connectivity index (χ0) is 17.4. The lowest BCUT2D eigenvalue weighted by atomic mass is 10.2. The van der Waals surface area contributed by atoms with E-state index < -0.39 is 12.2 Å². The molecule has 2 aromatic carbocycles. The molecule has 130 valence electrons. The summed E-state index contributed by atoms with van der Waals surface area (Å²) in [6.07, 6.45) is -1.03. The Labute approximate surface area is 147 Å². The van der Waals surface area contributed by atoms with Crippen molar-refractivity contribution in [1.82, 2.24) is 0 Å². The number of aliphatic hydroxyl groups excluding tert-OH is 1. The van der Waals surface area contributed by atoms with Crippen LogP contribution in [0.5, 0.6) is 5.75 Å². The average molecular weight is 351 g/mol. The summed E-state index contributed by atoms with van der Waals surface area (Å²) < 4.78 is 16.6. The monoisotopic (exact) mass is 350 g/mol. The molecule has 0 bridgehead atoms. The lowest BCUT2D eigenvalue weighted by Crippen LogP contribution is -2.31. The molecular formula is C19H23ClO4. The number of benzene rings is 2. The van der Waals surface area contributed by atoms with Crippen molar-refractivity contribution in [3.05, 3.63) is 64.7 Å². The molecule has 0 aliphatic carbocycles. The molecule has 0 amide bonds. The van der Waals surface area contributed by atoms with Crippen LogP contribution in [-0.2, 0) is 22.7 Å². The average Bonchev–Trinajstić information content (AvgIpc) is 2.58. The highest BCUT2D eigenvalue weighted by atomic mass is 35.5. The quantitative estimate of drug-likeness (QED) is 0.746. The van der Waals surface area contributed by atoms with Gasteiger partial charge < -0.3 is 19.3 Å². The van der Waals surface area contributed by atoms with E-state index >= 15 is 0 Å². The van der Waals surface area contributed by atoms with Gasteiger partial charge in [0.25, 0.3) is 0 Å². The minimum absolute atomic E-state index is 0.310. The summed E-state index contributed by atoms with van der Waals surface area (Å²) in [5, 5.41) is 10.5. The second-order valence-corrected chi connectivity index (χ2v) is 6.02. The Bertz CT molecular complexity index is 613. The van der Waals surface area contributed by atoms with Gasteiger partial charge in [-0.15, -0.1) is 0 Å². The Morgan fingerprint density at radius 2 is 1.79 bits per heavy atom. The molecule has 2 rings (SSSR count). The van der Waals surface area contributed by atoms with Gasteiger partial charge >= 0.3 is 0 Å². The van der Waals surface area contributed by atoms with Crippen LogP contribution in [-0.4, -0.2) is 31.0 Å². The van der Waals surface area contributed by atoms with Gasteiger partial charge in [0.15, 0.2) is 0 Å². The molecular weight excluding hydrogens is 328 g/mol. The Morgan fingerprint density at radius 1 is 1.04 bits per heavy atom. The Hall–Kier alpha value is -1.59. The molecule has 0 aliphatic rings. The lowest BCUT2D eigenvalue weighted by Gasteiger charge is -2.21. The van der Waals surface area contributed by atoms with Gasteiger partial charge in [-0.2, -0.15) is 0 Å². The summed E-state index contributed by atoms with van der Waals surface area (Å²) in [7, 11) is 1.63. The van der Waals surface area contributed by atoms with Crippen molar-refractivity contribution in [2.24, 2.45) is 0 Å². The maximum atomic E-state index is 9.86. The SMILES string of the molecule is COc1ccc(COC[C@H](OCc2cccc(Cl)c2)[C@@H](C)O)cc1. The van der Waals surface area contributed by atoms with E-state index in [2.05, 4.69) is 0 Å². The van der Waals surface area contributed by atoms with Crippen LogP contribution in [0.4, 0.5) is 0 Å². The molecule has 0 saturated carbocycles. The lowest BCUT2D eigenvalue weighted by molar-refractivity contribution is -0.0833. The van der Waals surface area contributed by atoms with Crippen molar-refractivity contribution in [2.75, 3.05) is 13.7 Å². The Balaban J connectivity index is 1.80. The first kappa shape index (κ1) is 18.7. The molecule has 4 nitrogen and oxygen atoms in total. The number of hydrogen-bond acceptors (Lipinski definition) is 4. The number of methoxy groups -OCH3 is 1. The fraction of sp³-hybridized carbons (Fsp3) is 0.368. The van der Waals surface area contributed by atoms with Crippen molar-refractivity contribution in [2.45, 2.75) is 32.3 Å². The molecule has 2 atom stereocenters. The maximum Gasteiger partial charge on any atom is 0.118 e. The second kappa shape index (κ2) is 9.64. The van der Waals surface area contributed by atoms with E-state index in [1.54, 1.807) is 14.0 Å². The van der Waals surface area contributed by atoms with Crippen LogP contribution < -0.4 is 4.74 Å². The summed E-state index contributed by atoms with van der Waals surface area (Å²) in [6.45, 7) is 2.83. The van der Waals surface area contributed by atoms with Crippen molar-refractivity contribution >= 4 is 11.6 Å². The Morgan fingerprint density at radius 3 is 2.42 bits per heavy atom. The second-order valence-electron chi connectivity index (χ2n) is 5.58. The zero-order valence-corrected chi connectivity index (χ0v) is 14.7. The summed E-state index contributed by atoms with van der Waals surface area (Å²) in [5.74, 6) is 0.811. The molecule has 0 unspecified atom stereocenters. The zero-order valence-electron chi connectivity index (χ0n) is 13.9. The van der Waals surface area contributed by atoms with Gasteiger partial charge in [-0.1, -0.05) is 35.9 Å². The highest BCUT2D eigenvalue weighted by Gasteiger charge is 2.16. The molecule has 0 aromatic heterocycles. The van der Waals surface area contributed by atoms with Gasteiger partial charge in [-0.05, 0) is 42.3 Å². The molecule has 0 fully saturated rings. The van der Waals surface area contributed by atoms with Gasteiger partial charge in [0.1, 0.15) is 11.9 Å². The van der Waals surface area contributed by atoms with Crippen LogP contribution in [0, 0.1) is 0 Å². The van der Waals surface area contributed by atoms with E-state index in [0.717, 1.165) is 16.9 Å². The minimum atomic E-state index is -0.625. The number of rotatable bonds is 9. The first-order valence-electron chi connectivity index (χ1n) is 7.83. The third-order valence-electron chi connectivity index (χ3n) is 3.60. The molecule has 0 spiro atoms. The van der Waals surface area contributed by atoms with Crippen molar-refractivity contribution < 1.29 is 19.3 Å². The van der Waals surface area contributed by atoms with Crippen LogP contribution in [0.3, 0.4) is 0 Å². The molecule has 1 N–H and O–H groups in total. The van der Waals surface area contributed by atoms with Crippen LogP contribution in [0.1, 0.15) is 18.1 Å². The summed E-state index contributed by atoms with van der Waals surface area (Å²) >= 11 is 5.96. The number of hydrogen-bond donors (Lipinski definition) is 1. The maximum absolute atomic E-state index is 9.86. The summed E-state index contributed by atoms with van der Waals surface area (Å²) in [5.41, 5.74) is 2.00. The number of aliphatic hydroxyl groups is 1. The normalized spacial score (nSPS) is 13.5. The Kier molecular flexibility index (Phi) is 7.53. The van der Waals surface area contributed by atoms with Crippen LogP contribution in [0.25, 0.3) is 0 Å². The topological polar surface area (TPSA) is 47.9 Å². The van der Waals surface area contributed by atoms with Crippen LogP contribution in [0.2, 0.25) is 5.02 Å². The molecule has 2 aromatic rings. The first-order valence-corrected chi connectivity index (χ1v) is 8.21. The smallest absolute Gasteiger partial charge is 0.118 e. The van der Waals surface area contributed by atoms with E-state index in [9.17, 15) is 5.11 Å². The highest BCUT2D eigenvalue weighted by Crippen LogP contribution is 2.15. The predicted molar refractivity (Wildman–Crippen MR) is 94.4 cm³/mol. The van der Waals surface area contributed by atoms with E-state index in [4.69, 9.17) is 25.8 Å². The van der Waals surface area contributed by atoms with E-state index in [1.165, 1.54) is 0 Å². The highest BCUT2D eigenvalue weighted by molar-refractivity contribution is 6.30. The minimum Gasteiger partial charge on any atom is -0.497 e. The predicted octanol–water partition coefficient (Wildman–Crippen LogP) is 3.83. The molecule has 0 radical (unpaired) electrons. The standard InChI is InChI=1S/C19H23ClO4/c1-14(21)19(24-12-16-4-3-5-17(20)10-16)13-23-11-15-6-8-18(22-2)9-7-15/h3-10,14,19,21H,11-13H2,1-2H3/t14-,19+/m1/s1. The fourth-order valence-corrected chi connectivity index (χ4v) is 2.38. The van der Waals surface area contributed by atoms with Gasteiger partial charge in [-0.3, -0.25) is 0 Å². The largest absolute Gasteiger partial charge is 0.497 e. The van der Waals surface area contributed by atoms with E-state index in [-0.39, 0.29) is 0 Å². The molecule has 0 aliphatic heterocycles. The van der Waals surface area contributed by atoms with Crippen molar-refractivity contribution in [1.29, 1.82) is 0 Å². The van der Waals surface area contributed by atoms with Crippen LogP contribution in [0.15, 0.2) is 48.5 Å². The van der Waals surface area contributed by atoms with E-state index in [1.807, 2.05) is 48.5 Å². The number of halogens is 1.